The molecule has 1 N–H and O–H groups in total. The molecule has 3 nitrogen and oxygen atoms in total. The van der Waals surface area contributed by atoms with Crippen LogP contribution in [0.1, 0.15) is 19.3 Å². The lowest BCUT2D eigenvalue weighted by Crippen LogP contribution is -2.54. The van der Waals surface area contributed by atoms with E-state index in [-0.39, 0.29) is 10.8 Å². The van der Waals surface area contributed by atoms with Crippen LogP contribution in [0.4, 0.5) is 4.39 Å². The molecule has 1 aliphatic rings. The van der Waals surface area contributed by atoms with Gasteiger partial charge in [0.1, 0.15) is 5.82 Å². The first-order chi connectivity index (χ1) is 7.97. The molecule has 94 valence electrons. The van der Waals surface area contributed by atoms with E-state index in [0.29, 0.717) is 0 Å². The van der Waals surface area contributed by atoms with Crippen LogP contribution < -0.4 is 4.72 Å². The summed E-state index contributed by atoms with van der Waals surface area (Å²) in [6.07, 6.45) is 2.41. The quantitative estimate of drug-likeness (QED) is 0.858. The van der Waals surface area contributed by atoms with Crippen molar-refractivity contribution in [1.82, 2.24) is 4.72 Å². The van der Waals surface area contributed by atoms with E-state index < -0.39 is 21.4 Å². The van der Waals surface area contributed by atoms with Crippen molar-refractivity contribution < 1.29 is 12.8 Å². The Kier molecular flexibility index (Phi) is 3.43. The Hall–Kier alpha value is -0.650. The van der Waals surface area contributed by atoms with E-state index >= 15 is 0 Å². The normalized spacial score (nSPS) is 18.7. The SMILES string of the molecule is O=S(=O)(NC1(CCl)CCC1)c1cccc(F)c1. The monoisotopic (exact) mass is 277 g/mol. The van der Waals surface area contributed by atoms with Gasteiger partial charge in [-0.15, -0.1) is 11.6 Å². The van der Waals surface area contributed by atoms with E-state index in [0.717, 1.165) is 25.3 Å². The number of sulfonamides is 1. The van der Waals surface area contributed by atoms with Crippen molar-refractivity contribution in [3.05, 3.63) is 30.1 Å². The summed E-state index contributed by atoms with van der Waals surface area (Å²) in [5, 5.41) is 0. The molecule has 1 saturated carbocycles. The standard InChI is InChI=1S/C11H13ClFNO2S/c12-8-11(5-2-6-11)14-17(15,16)10-4-1-3-9(13)7-10/h1,3-4,7,14H,2,5-6,8H2. The molecule has 0 heterocycles. The Bertz CT molecular complexity index is 508. The Morgan fingerprint density at radius 1 is 1.41 bits per heavy atom. The van der Waals surface area contributed by atoms with Gasteiger partial charge in [-0.2, -0.15) is 0 Å². The molecule has 1 fully saturated rings. The lowest BCUT2D eigenvalue weighted by atomic mass is 9.79. The molecule has 1 aromatic rings. The minimum absolute atomic E-state index is 0.0612. The molecule has 0 bridgehead atoms. The van der Waals surface area contributed by atoms with Crippen molar-refractivity contribution in [2.24, 2.45) is 0 Å². The zero-order valence-electron chi connectivity index (χ0n) is 9.12. The Morgan fingerprint density at radius 3 is 2.59 bits per heavy atom. The maximum atomic E-state index is 13.0. The van der Waals surface area contributed by atoms with E-state index in [1.807, 2.05) is 0 Å². The maximum Gasteiger partial charge on any atom is 0.241 e. The first kappa shape index (κ1) is 12.8. The fraction of sp³-hybridized carbons (Fsp3) is 0.455. The molecule has 0 radical (unpaired) electrons. The van der Waals surface area contributed by atoms with Gasteiger partial charge in [-0.3, -0.25) is 0 Å². The van der Waals surface area contributed by atoms with Crippen molar-refractivity contribution in [1.29, 1.82) is 0 Å². The third kappa shape index (κ3) is 2.61. The number of benzene rings is 1. The van der Waals surface area contributed by atoms with E-state index in [2.05, 4.69) is 4.72 Å². The molecule has 0 unspecified atom stereocenters. The van der Waals surface area contributed by atoms with Crippen LogP contribution in [0, 0.1) is 5.82 Å². The molecule has 0 aliphatic heterocycles. The van der Waals surface area contributed by atoms with Gasteiger partial charge in [-0.1, -0.05) is 6.07 Å². The van der Waals surface area contributed by atoms with Crippen LogP contribution in [0.5, 0.6) is 0 Å². The number of nitrogens with one attached hydrogen (secondary N) is 1. The molecule has 0 atom stereocenters. The average molecular weight is 278 g/mol. The Labute approximate surface area is 105 Å². The van der Waals surface area contributed by atoms with Crippen molar-refractivity contribution in [3.8, 4) is 0 Å². The van der Waals surface area contributed by atoms with Gasteiger partial charge in [0.05, 0.1) is 4.90 Å². The van der Waals surface area contributed by atoms with Gasteiger partial charge in [-0.05, 0) is 37.5 Å². The Morgan fingerprint density at radius 2 is 2.12 bits per heavy atom. The summed E-state index contributed by atoms with van der Waals surface area (Å²) in [6.45, 7) is 0. The molecule has 2 rings (SSSR count). The highest BCUT2D eigenvalue weighted by molar-refractivity contribution is 7.89. The number of alkyl halides is 1. The molecule has 1 aliphatic carbocycles. The summed E-state index contributed by atoms with van der Waals surface area (Å²) in [7, 11) is -3.69. The van der Waals surface area contributed by atoms with Gasteiger partial charge in [0.25, 0.3) is 0 Å². The van der Waals surface area contributed by atoms with Crippen LogP contribution in [0.3, 0.4) is 0 Å². The second-order valence-corrected chi connectivity index (χ2v) is 6.28. The summed E-state index contributed by atoms with van der Waals surface area (Å²) in [5.74, 6) is -0.330. The molecule has 0 amide bonds. The molecule has 0 aromatic heterocycles. The molecular weight excluding hydrogens is 265 g/mol. The lowest BCUT2D eigenvalue weighted by Gasteiger charge is -2.40. The van der Waals surface area contributed by atoms with Gasteiger partial charge < -0.3 is 0 Å². The van der Waals surface area contributed by atoms with Gasteiger partial charge in [0, 0.05) is 11.4 Å². The van der Waals surface area contributed by atoms with Crippen LogP contribution in [-0.4, -0.2) is 19.8 Å². The highest BCUT2D eigenvalue weighted by Crippen LogP contribution is 2.34. The fourth-order valence-corrected chi connectivity index (χ4v) is 3.75. The number of halogens is 2. The fourth-order valence-electron chi connectivity index (χ4n) is 1.84. The van der Waals surface area contributed by atoms with Crippen molar-refractivity contribution in [2.75, 3.05) is 5.88 Å². The largest absolute Gasteiger partial charge is 0.241 e. The zero-order chi connectivity index (χ0) is 12.5. The molecule has 6 heteroatoms. The highest BCUT2D eigenvalue weighted by Gasteiger charge is 2.40. The first-order valence-corrected chi connectivity index (χ1v) is 7.35. The summed E-state index contributed by atoms with van der Waals surface area (Å²) in [6, 6.07) is 4.95. The van der Waals surface area contributed by atoms with Crippen molar-refractivity contribution in [2.45, 2.75) is 29.7 Å². The summed E-state index contributed by atoms with van der Waals surface area (Å²) in [5.41, 5.74) is -0.549. The van der Waals surface area contributed by atoms with Crippen molar-refractivity contribution >= 4 is 21.6 Å². The number of rotatable bonds is 4. The summed E-state index contributed by atoms with van der Waals surface area (Å²) >= 11 is 5.78. The zero-order valence-corrected chi connectivity index (χ0v) is 10.7. The molecular formula is C11H13ClFNO2S. The molecule has 17 heavy (non-hydrogen) atoms. The lowest BCUT2D eigenvalue weighted by molar-refractivity contribution is 0.252. The van der Waals surface area contributed by atoms with Gasteiger partial charge in [0.2, 0.25) is 10.0 Å². The van der Waals surface area contributed by atoms with Gasteiger partial charge >= 0.3 is 0 Å². The van der Waals surface area contributed by atoms with E-state index in [9.17, 15) is 12.8 Å². The van der Waals surface area contributed by atoms with Crippen LogP contribution in [0.2, 0.25) is 0 Å². The summed E-state index contributed by atoms with van der Waals surface area (Å²) < 4.78 is 39.6. The second kappa shape index (κ2) is 4.55. The van der Waals surface area contributed by atoms with E-state index in [1.54, 1.807) is 0 Å². The van der Waals surface area contributed by atoms with Gasteiger partial charge in [0.15, 0.2) is 0 Å². The first-order valence-electron chi connectivity index (χ1n) is 5.33. The van der Waals surface area contributed by atoms with Crippen LogP contribution in [0.25, 0.3) is 0 Å². The van der Waals surface area contributed by atoms with Crippen molar-refractivity contribution in [3.63, 3.8) is 0 Å². The predicted molar refractivity (Wildman–Crippen MR) is 64.0 cm³/mol. The molecule has 1 aromatic carbocycles. The van der Waals surface area contributed by atoms with Crippen LogP contribution >= 0.6 is 11.6 Å². The third-order valence-electron chi connectivity index (χ3n) is 3.02. The number of hydrogen-bond donors (Lipinski definition) is 1. The topological polar surface area (TPSA) is 46.2 Å². The maximum absolute atomic E-state index is 13.0. The third-order valence-corrected chi connectivity index (χ3v) is 5.11. The predicted octanol–water partition coefficient (Wildman–Crippen LogP) is 2.27. The van der Waals surface area contributed by atoms with Crippen LogP contribution in [0.15, 0.2) is 29.2 Å². The van der Waals surface area contributed by atoms with Crippen LogP contribution in [-0.2, 0) is 10.0 Å². The van der Waals surface area contributed by atoms with Gasteiger partial charge in [-0.25, -0.2) is 17.5 Å². The smallest absolute Gasteiger partial charge is 0.207 e. The Balaban J connectivity index is 2.25. The summed E-state index contributed by atoms with van der Waals surface area (Å²) in [4.78, 5) is -0.0612. The minimum Gasteiger partial charge on any atom is -0.207 e. The average Bonchev–Trinajstić information content (AvgIpc) is 2.24. The highest BCUT2D eigenvalue weighted by atomic mass is 35.5. The van der Waals surface area contributed by atoms with E-state index in [4.69, 9.17) is 11.6 Å². The second-order valence-electron chi connectivity index (χ2n) is 4.33. The minimum atomic E-state index is -3.69. The molecule has 0 saturated heterocycles. The van der Waals surface area contributed by atoms with E-state index in [1.165, 1.54) is 18.2 Å². The molecule has 0 spiro atoms. The number of hydrogen-bond acceptors (Lipinski definition) is 2.